The van der Waals surface area contributed by atoms with Crippen molar-refractivity contribution in [3.63, 3.8) is 0 Å². The number of benzene rings is 1. The third-order valence-electron chi connectivity index (χ3n) is 1.75. The Morgan fingerprint density at radius 1 is 1.12 bits per heavy atom. The summed E-state index contributed by atoms with van der Waals surface area (Å²) in [7, 11) is -5.25. The van der Waals surface area contributed by atoms with E-state index in [1.807, 2.05) is 0 Å². The van der Waals surface area contributed by atoms with Gasteiger partial charge in [0.05, 0.1) is 0 Å². The average molecular weight is 274 g/mol. The van der Waals surface area contributed by atoms with Gasteiger partial charge in [-0.05, 0) is 6.07 Å². The van der Waals surface area contributed by atoms with Crippen LogP contribution < -0.4 is 0 Å². The molecule has 94 valence electrons. The zero-order chi connectivity index (χ0) is 13.4. The van der Waals surface area contributed by atoms with Crippen LogP contribution in [0.5, 0.6) is 0 Å². The van der Waals surface area contributed by atoms with Crippen LogP contribution in [0.15, 0.2) is 12.4 Å². The number of hydrogen-bond acceptors (Lipinski definition) is 2. The summed E-state index contributed by atoms with van der Waals surface area (Å²) in [5.74, 6) is -8.56. The average Bonchev–Trinajstić information content (AvgIpc) is 2.21. The first kappa shape index (κ1) is 13.6. The molecule has 0 unspecified atom stereocenters. The van der Waals surface area contributed by atoms with Crippen molar-refractivity contribution in [2.24, 2.45) is 0 Å². The summed E-state index contributed by atoms with van der Waals surface area (Å²) < 4.78 is 92.8. The largest absolute Gasteiger partial charge is 0.297 e. The van der Waals surface area contributed by atoms with Gasteiger partial charge in [0.25, 0.3) is 10.1 Å². The standard InChI is InChI=1S/C8H3F5O3S/c9-2-5(17(14,15)16)3-1-4(10)7(12)8(13)6(3)11/h1-2H,(H,14,15,16). The molecule has 0 aliphatic heterocycles. The second-order valence-electron chi connectivity index (χ2n) is 2.80. The maximum absolute atomic E-state index is 13.0. The third-order valence-corrected chi connectivity index (χ3v) is 2.61. The molecule has 0 spiro atoms. The van der Waals surface area contributed by atoms with Crippen molar-refractivity contribution < 1.29 is 34.9 Å². The minimum Gasteiger partial charge on any atom is -0.282 e. The van der Waals surface area contributed by atoms with E-state index in [0.29, 0.717) is 0 Å². The Bertz CT molecular complexity index is 594. The molecule has 1 aromatic rings. The zero-order valence-corrected chi connectivity index (χ0v) is 8.53. The minimum absolute atomic E-state index is 0.0903. The Balaban J connectivity index is 3.65. The molecular weight excluding hydrogens is 271 g/mol. The molecule has 0 heterocycles. The number of rotatable bonds is 2. The van der Waals surface area contributed by atoms with E-state index < -0.39 is 50.2 Å². The maximum atomic E-state index is 13.0. The van der Waals surface area contributed by atoms with E-state index in [4.69, 9.17) is 4.55 Å². The second-order valence-corrected chi connectivity index (χ2v) is 4.19. The quantitative estimate of drug-likeness (QED) is 0.390. The molecular formula is C8H3F5O3S. The van der Waals surface area contributed by atoms with E-state index >= 15 is 0 Å². The first-order valence-corrected chi connectivity index (χ1v) is 5.25. The highest BCUT2D eigenvalue weighted by Crippen LogP contribution is 2.27. The van der Waals surface area contributed by atoms with Crippen molar-refractivity contribution in [1.29, 1.82) is 0 Å². The predicted molar refractivity (Wildman–Crippen MR) is 46.9 cm³/mol. The monoisotopic (exact) mass is 274 g/mol. The molecule has 1 aromatic carbocycles. The van der Waals surface area contributed by atoms with E-state index in [9.17, 15) is 30.4 Å². The van der Waals surface area contributed by atoms with Crippen LogP contribution in [-0.4, -0.2) is 13.0 Å². The van der Waals surface area contributed by atoms with Gasteiger partial charge in [-0.1, -0.05) is 0 Å². The number of halogens is 5. The van der Waals surface area contributed by atoms with Crippen LogP contribution in [0.4, 0.5) is 22.0 Å². The first-order valence-electron chi connectivity index (χ1n) is 3.81. The molecule has 0 saturated carbocycles. The summed E-state index contributed by atoms with van der Waals surface area (Å²) in [6, 6.07) is -0.0903. The lowest BCUT2D eigenvalue weighted by Gasteiger charge is -2.06. The second kappa shape index (κ2) is 4.41. The minimum atomic E-state index is -5.25. The Kier molecular flexibility index (Phi) is 3.53. The molecule has 0 aliphatic rings. The Morgan fingerprint density at radius 3 is 2.06 bits per heavy atom. The molecule has 0 atom stereocenters. The smallest absolute Gasteiger partial charge is 0.282 e. The summed E-state index contributed by atoms with van der Waals surface area (Å²) in [6.07, 6.45) is -0.773. The van der Waals surface area contributed by atoms with Gasteiger partial charge in [-0.3, -0.25) is 4.55 Å². The van der Waals surface area contributed by atoms with Crippen LogP contribution >= 0.6 is 0 Å². The van der Waals surface area contributed by atoms with E-state index in [1.165, 1.54) is 0 Å². The van der Waals surface area contributed by atoms with Gasteiger partial charge >= 0.3 is 0 Å². The molecule has 1 N–H and O–H groups in total. The Labute approximate surface area is 91.9 Å². The summed E-state index contributed by atoms with van der Waals surface area (Å²) in [4.78, 5) is -1.72. The van der Waals surface area contributed by atoms with Crippen LogP contribution in [-0.2, 0) is 10.1 Å². The van der Waals surface area contributed by atoms with Crippen molar-refractivity contribution in [3.05, 3.63) is 41.2 Å². The zero-order valence-electron chi connectivity index (χ0n) is 7.72. The van der Waals surface area contributed by atoms with Crippen molar-refractivity contribution >= 4 is 15.0 Å². The fourth-order valence-corrected chi connectivity index (χ4v) is 1.55. The summed E-state index contributed by atoms with van der Waals surface area (Å²) in [5.41, 5.74) is -1.45. The predicted octanol–water partition coefficient (Wildman–Crippen LogP) is 2.40. The van der Waals surface area contributed by atoms with Crippen LogP contribution in [0.3, 0.4) is 0 Å². The van der Waals surface area contributed by atoms with Crippen LogP contribution in [0.25, 0.3) is 4.91 Å². The molecule has 0 radical (unpaired) electrons. The van der Waals surface area contributed by atoms with Gasteiger partial charge in [0.15, 0.2) is 23.3 Å². The fraction of sp³-hybridized carbons (Fsp3) is 0. The van der Waals surface area contributed by atoms with Crippen molar-refractivity contribution in [3.8, 4) is 0 Å². The molecule has 0 amide bonds. The van der Waals surface area contributed by atoms with Crippen molar-refractivity contribution in [2.45, 2.75) is 0 Å². The molecule has 0 aromatic heterocycles. The summed E-state index contributed by atoms with van der Waals surface area (Å²) >= 11 is 0. The van der Waals surface area contributed by atoms with Crippen LogP contribution in [0, 0.1) is 23.3 Å². The lowest BCUT2D eigenvalue weighted by atomic mass is 10.2. The fourth-order valence-electron chi connectivity index (χ4n) is 1.01. The normalized spacial score (nSPS) is 12.9. The maximum Gasteiger partial charge on any atom is 0.297 e. The molecule has 1 rings (SSSR count). The van der Waals surface area contributed by atoms with Crippen molar-refractivity contribution in [2.75, 3.05) is 0 Å². The highest BCUT2D eigenvalue weighted by Gasteiger charge is 2.26. The van der Waals surface area contributed by atoms with Crippen LogP contribution in [0.2, 0.25) is 0 Å². The lowest BCUT2D eigenvalue weighted by Crippen LogP contribution is -2.07. The van der Waals surface area contributed by atoms with E-state index in [0.717, 1.165) is 0 Å². The molecule has 0 aliphatic carbocycles. The number of hydrogen-bond donors (Lipinski definition) is 1. The summed E-state index contributed by atoms with van der Waals surface area (Å²) in [6.45, 7) is 0. The third kappa shape index (κ3) is 2.44. The Hall–Kier alpha value is -1.48. The van der Waals surface area contributed by atoms with E-state index in [1.54, 1.807) is 0 Å². The molecule has 0 fully saturated rings. The van der Waals surface area contributed by atoms with Gasteiger partial charge in [0.1, 0.15) is 11.2 Å². The molecule has 17 heavy (non-hydrogen) atoms. The van der Waals surface area contributed by atoms with Gasteiger partial charge in [-0.25, -0.2) is 22.0 Å². The van der Waals surface area contributed by atoms with Gasteiger partial charge in [-0.15, -0.1) is 0 Å². The molecule has 0 saturated heterocycles. The van der Waals surface area contributed by atoms with E-state index in [2.05, 4.69) is 0 Å². The van der Waals surface area contributed by atoms with E-state index in [-0.39, 0.29) is 6.07 Å². The van der Waals surface area contributed by atoms with Gasteiger partial charge in [0.2, 0.25) is 0 Å². The van der Waals surface area contributed by atoms with Gasteiger partial charge in [-0.2, -0.15) is 8.42 Å². The Morgan fingerprint density at radius 2 is 1.65 bits per heavy atom. The topological polar surface area (TPSA) is 54.4 Å². The first-order chi connectivity index (χ1) is 7.70. The van der Waals surface area contributed by atoms with Crippen LogP contribution in [0.1, 0.15) is 5.56 Å². The van der Waals surface area contributed by atoms with Crippen molar-refractivity contribution in [1.82, 2.24) is 0 Å². The summed E-state index contributed by atoms with van der Waals surface area (Å²) in [5, 5.41) is 0. The lowest BCUT2D eigenvalue weighted by molar-refractivity contribution is 0.407. The molecule has 3 nitrogen and oxygen atoms in total. The molecule has 0 bridgehead atoms. The SMILES string of the molecule is O=S(=O)(O)C(=CF)c1cc(F)c(F)c(F)c1F. The molecule has 9 heteroatoms. The highest BCUT2D eigenvalue weighted by molar-refractivity contribution is 7.95. The van der Waals surface area contributed by atoms with Gasteiger partial charge < -0.3 is 0 Å². The highest BCUT2D eigenvalue weighted by atomic mass is 32.2. The van der Waals surface area contributed by atoms with Gasteiger partial charge in [0, 0.05) is 5.56 Å².